The molecule has 82 valence electrons. The summed E-state index contributed by atoms with van der Waals surface area (Å²) in [5.41, 5.74) is -0.407. The van der Waals surface area contributed by atoms with Crippen molar-refractivity contribution in [2.75, 3.05) is 7.05 Å². The third-order valence-electron chi connectivity index (χ3n) is 2.27. The van der Waals surface area contributed by atoms with Crippen molar-refractivity contribution in [2.45, 2.75) is 51.3 Å². The topological polar surface area (TPSA) is 50.4 Å². The Kier molecular flexibility index (Phi) is 3.37. The fraction of sp³-hybridized carbons (Fsp3) is 0.900. The Bertz CT molecular complexity index is 205. The van der Waals surface area contributed by atoms with Gasteiger partial charge in [-0.05, 0) is 40.7 Å². The number of rotatable bonds is 2. The van der Waals surface area contributed by atoms with E-state index in [1.165, 1.54) is 0 Å². The summed E-state index contributed by atoms with van der Waals surface area (Å²) in [5, 5.41) is 6.00. The van der Waals surface area contributed by atoms with E-state index in [9.17, 15) is 4.79 Å². The second-order valence-electron chi connectivity index (χ2n) is 4.80. The van der Waals surface area contributed by atoms with Crippen LogP contribution in [0.2, 0.25) is 0 Å². The van der Waals surface area contributed by atoms with Crippen LogP contribution in [0.3, 0.4) is 0 Å². The molecule has 0 aromatic heterocycles. The van der Waals surface area contributed by atoms with Gasteiger partial charge in [-0.2, -0.15) is 0 Å². The van der Waals surface area contributed by atoms with E-state index in [0.717, 1.165) is 12.8 Å². The number of nitrogens with one attached hydrogen (secondary N) is 2. The van der Waals surface area contributed by atoms with Gasteiger partial charge < -0.3 is 15.4 Å². The van der Waals surface area contributed by atoms with E-state index in [1.54, 1.807) is 0 Å². The maximum atomic E-state index is 11.3. The van der Waals surface area contributed by atoms with Crippen molar-refractivity contribution >= 4 is 6.09 Å². The second-order valence-corrected chi connectivity index (χ2v) is 4.80. The van der Waals surface area contributed by atoms with Gasteiger partial charge in [0.15, 0.2) is 0 Å². The molecule has 14 heavy (non-hydrogen) atoms. The van der Waals surface area contributed by atoms with E-state index in [4.69, 9.17) is 4.74 Å². The number of amides is 1. The van der Waals surface area contributed by atoms with Crippen LogP contribution in [-0.2, 0) is 4.74 Å². The zero-order valence-corrected chi connectivity index (χ0v) is 9.39. The van der Waals surface area contributed by atoms with Crippen molar-refractivity contribution in [1.29, 1.82) is 0 Å². The van der Waals surface area contributed by atoms with Crippen LogP contribution in [0.25, 0.3) is 0 Å². The highest BCUT2D eigenvalue weighted by Gasteiger charge is 2.30. The van der Waals surface area contributed by atoms with Crippen LogP contribution in [0, 0.1) is 0 Å². The van der Waals surface area contributed by atoms with Gasteiger partial charge in [0, 0.05) is 12.1 Å². The highest BCUT2D eigenvalue weighted by atomic mass is 16.6. The van der Waals surface area contributed by atoms with Crippen LogP contribution in [0.4, 0.5) is 4.79 Å². The first-order chi connectivity index (χ1) is 6.40. The predicted octanol–water partition coefficient (Wildman–Crippen LogP) is 1.26. The quantitative estimate of drug-likeness (QED) is 0.705. The maximum Gasteiger partial charge on any atom is 0.407 e. The summed E-state index contributed by atoms with van der Waals surface area (Å²) in [7, 11) is 1.94. The van der Waals surface area contributed by atoms with Gasteiger partial charge in [0.2, 0.25) is 0 Å². The summed E-state index contributed by atoms with van der Waals surface area (Å²) in [6.07, 6.45) is 1.68. The third kappa shape index (κ3) is 3.54. The van der Waals surface area contributed by atoms with Crippen molar-refractivity contribution in [3.63, 3.8) is 0 Å². The number of carbonyl (C=O) groups excluding carboxylic acids is 1. The van der Waals surface area contributed by atoms with Crippen molar-refractivity contribution in [2.24, 2.45) is 0 Å². The minimum Gasteiger partial charge on any atom is -0.444 e. The fourth-order valence-electron chi connectivity index (χ4n) is 1.45. The Hall–Kier alpha value is -0.770. The van der Waals surface area contributed by atoms with Crippen molar-refractivity contribution in [3.8, 4) is 0 Å². The lowest BCUT2D eigenvalue weighted by Crippen LogP contribution is -2.52. The molecule has 1 saturated carbocycles. The Morgan fingerprint density at radius 2 is 1.86 bits per heavy atom. The highest BCUT2D eigenvalue weighted by molar-refractivity contribution is 5.68. The molecular formula is C10H20N2O2. The second kappa shape index (κ2) is 4.17. The average molecular weight is 200 g/mol. The summed E-state index contributed by atoms with van der Waals surface area (Å²) in [4.78, 5) is 11.3. The molecule has 4 nitrogen and oxygen atoms in total. The first kappa shape index (κ1) is 11.3. The van der Waals surface area contributed by atoms with E-state index in [-0.39, 0.29) is 12.1 Å². The molecule has 4 heteroatoms. The molecule has 1 amide bonds. The molecule has 0 aromatic rings. The molecule has 0 bridgehead atoms. The lowest BCUT2D eigenvalue weighted by atomic mass is 9.87. The Morgan fingerprint density at radius 1 is 1.29 bits per heavy atom. The molecule has 0 saturated heterocycles. The summed E-state index contributed by atoms with van der Waals surface area (Å²) < 4.78 is 5.14. The van der Waals surface area contributed by atoms with Gasteiger partial charge in [-0.15, -0.1) is 0 Å². The van der Waals surface area contributed by atoms with Gasteiger partial charge in [-0.3, -0.25) is 0 Å². The molecule has 1 aliphatic rings. The van der Waals surface area contributed by atoms with Gasteiger partial charge in [-0.25, -0.2) is 4.79 Å². The van der Waals surface area contributed by atoms with Crippen LogP contribution in [-0.4, -0.2) is 30.8 Å². The summed E-state index contributed by atoms with van der Waals surface area (Å²) in [5.74, 6) is 0. The minimum atomic E-state index is -0.407. The highest BCUT2D eigenvalue weighted by Crippen LogP contribution is 2.19. The Labute approximate surface area is 85.4 Å². The van der Waals surface area contributed by atoms with Crippen LogP contribution in [0.5, 0.6) is 0 Å². The molecule has 1 aliphatic carbocycles. The first-order valence-electron chi connectivity index (χ1n) is 5.07. The van der Waals surface area contributed by atoms with Gasteiger partial charge >= 0.3 is 6.09 Å². The number of carbonyl (C=O) groups is 1. The lowest BCUT2D eigenvalue weighted by molar-refractivity contribution is 0.0467. The molecular weight excluding hydrogens is 180 g/mol. The van der Waals surface area contributed by atoms with Crippen molar-refractivity contribution in [3.05, 3.63) is 0 Å². The number of hydrogen-bond acceptors (Lipinski definition) is 3. The molecule has 0 heterocycles. The summed E-state index contributed by atoms with van der Waals surface area (Å²) >= 11 is 0. The average Bonchev–Trinajstić information content (AvgIpc) is 1.91. The molecule has 0 spiro atoms. The third-order valence-corrected chi connectivity index (χ3v) is 2.27. The molecule has 2 N–H and O–H groups in total. The molecule has 1 rings (SSSR count). The first-order valence-corrected chi connectivity index (χ1v) is 5.07. The molecule has 0 aliphatic heterocycles. The van der Waals surface area contributed by atoms with E-state index in [1.807, 2.05) is 27.8 Å². The number of alkyl carbamates (subject to hydrolysis) is 1. The zero-order valence-electron chi connectivity index (χ0n) is 9.39. The van der Waals surface area contributed by atoms with Gasteiger partial charge in [0.1, 0.15) is 5.60 Å². The van der Waals surface area contributed by atoms with E-state index in [2.05, 4.69) is 10.6 Å². The maximum absolute atomic E-state index is 11.3. The van der Waals surface area contributed by atoms with E-state index in [0.29, 0.717) is 6.04 Å². The van der Waals surface area contributed by atoms with E-state index < -0.39 is 5.60 Å². The smallest absolute Gasteiger partial charge is 0.407 e. The molecule has 0 aromatic carbocycles. The van der Waals surface area contributed by atoms with Gasteiger partial charge in [0.05, 0.1) is 0 Å². The lowest BCUT2D eigenvalue weighted by Gasteiger charge is -2.35. The fourth-order valence-corrected chi connectivity index (χ4v) is 1.45. The van der Waals surface area contributed by atoms with E-state index >= 15 is 0 Å². The molecule has 0 atom stereocenters. The largest absolute Gasteiger partial charge is 0.444 e. The van der Waals surface area contributed by atoms with Gasteiger partial charge in [-0.1, -0.05) is 0 Å². The Balaban J connectivity index is 2.17. The SMILES string of the molecule is CNC1CC(NC(=O)OC(C)(C)C)C1. The predicted molar refractivity (Wildman–Crippen MR) is 55.2 cm³/mol. The number of hydrogen-bond donors (Lipinski definition) is 2. The molecule has 1 fully saturated rings. The van der Waals surface area contributed by atoms with Crippen LogP contribution < -0.4 is 10.6 Å². The van der Waals surface area contributed by atoms with Crippen LogP contribution >= 0.6 is 0 Å². The van der Waals surface area contributed by atoms with Gasteiger partial charge in [0.25, 0.3) is 0 Å². The monoisotopic (exact) mass is 200 g/mol. The number of ether oxygens (including phenoxy) is 1. The molecule has 0 unspecified atom stereocenters. The molecule has 0 radical (unpaired) electrons. The standard InChI is InChI=1S/C10H20N2O2/c1-10(2,3)14-9(13)12-8-5-7(6-8)11-4/h7-8,11H,5-6H2,1-4H3,(H,12,13). The summed E-state index contributed by atoms with van der Waals surface area (Å²) in [6.45, 7) is 5.59. The Morgan fingerprint density at radius 3 is 2.29 bits per heavy atom. The zero-order chi connectivity index (χ0) is 10.8. The van der Waals surface area contributed by atoms with Crippen molar-refractivity contribution < 1.29 is 9.53 Å². The minimum absolute atomic E-state index is 0.280. The van der Waals surface area contributed by atoms with Crippen LogP contribution in [0.1, 0.15) is 33.6 Å². The summed E-state index contributed by atoms with van der Waals surface area (Å²) in [6, 6.07) is 0.831. The van der Waals surface area contributed by atoms with Crippen LogP contribution in [0.15, 0.2) is 0 Å². The van der Waals surface area contributed by atoms with Crippen molar-refractivity contribution in [1.82, 2.24) is 10.6 Å². The normalized spacial score (nSPS) is 26.6.